The standard InChI is InChI=1S/C17H24N5O15P3/c1-16(2,33-3)15(25)21-14-9-4-5-11(22(9)20-8-19-14)17(7-18)13(24)12(23)10(35-17)6-34-39(29,30)37-40(31,32)36-38(26,27)28/h4-5,8,10,12-13,23-24H,6H2,1-3H3,(H,29,30)(H,31,32)(H2,26,27,28)(H,19,20,21,25)/t10-,12-,13-,17+/m1/s1. The molecule has 0 aliphatic carbocycles. The van der Waals surface area contributed by atoms with Crippen LogP contribution < -0.4 is 5.32 Å². The summed E-state index contributed by atoms with van der Waals surface area (Å²) in [5.41, 5.74) is -3.65. The summed E-state index contributed by atoms with van der Waals surface area (Å²) < 4.78 is 57.6. The Morgan fingerprint density at radius 1 is 1.20 bits per heavy atom. The van der Waals surface area contributed by atoms with Crippen molar-refractivity contribution in [1.82, 2.24) is 14.6 Å². The van der Waals surface area contributed by atoms with E-state index in [9.17, 15) is 43.8 Å². The zero-order chi connectivity index (χ0) is 30.3. The first-order valence-corrected chi connectivity index (χ1v) is 15.2. The Balaban J connectivity index is 1.86. The van der Waals surface area contributed by atoms with Crippen LogP contribution in [-0.2, 0) is 46.7 Å². The number of phosphoric acid groups is 3. The summed E-state index contributed by atoms with van der Waals surface area (Å²) in [4.78, 5) is 52.6. The summed E-state index contributed by atoms with van der Waals surface area (Å²) in [5, 5.41) is 37.8. The number of hydrogen-bond donors (Lipinski definition) is 7. The monoisotopic (exact) mass is 631 g/mol. The summed E-state index contributed by atoms with van der Waals surface area (Å²) in [7, 11) is -15.7. The van der Waals surface area contributed by atoms with Gasteiger partial charge in [0.1, 0.15) is 41.8 Å². The molecule has 1 aliphatic heterocycles. The van der Waals surface area contributed by atoms with Gasteiger partial charge < -0.3 is 44.6 Å². The lowest BCUT2D eigenvalue weighted by molar-refractivity contribution is -0.133. The normalized spacial score (nSPS) is 26.6. The Labute approximate surface area is 224 Å². The molecule has 0 bridgehead atoms. The first-order valence-electron chi connectivity index (χ1n) is 10.7. The largest absolute Gasteiger partial charge is 0.490 e. The average molecular weight is 631 g/mol. The van der Waals surface area contributed by atoms with E-state index in [0.29, 0.717) is 0 Å². The molecule has 0 radical (unpaired) electrons. The lowest BCUT2D eigenvalue weighted by Gasteiger charge is -2.24. The average Bonchev–Trinajstić information content (AvgIpc) is 3.36. The van der Waals surface area contributed by atoms with Gasteiger partial charge in [0.2, 0.25) is 5.60 Å². The molecule has 1 amide bonds. The van der Waals surface area contributed by atoms with E-state index < -0.39 is 65.5 Å². The molecular weight excluding hydrogens is 607 g/mol. The number of amides is 1. The van der Waals surface area contributed by atoms with Gasteiger partial charge in [0, 0.05) is 7.11 Å². The molecule has 6 atom stereocenters. The molecule has 2 aromatic heterocycles. The number of carbonyl (C=O) groups excluding carboxylic acids is 1. The van der Waals surface area contributed by atoms with Crippen LogP contribution in [0.2, 0.25) is 0 Å². The molecule has 2 aromatic rings. The molecule has 0 saturated carbocycles. The molecule has 1 fully saturated rings. The van der Waals surface area contributed by atoms with Crippen LogP contribution >= 0.6 is 23.5 Å². The molecule has 23 heteroatoms. The molecule has 2 unspecified atom stereocenters. The quantitative estimate of drug-likeness (QED) is 0.150. The van der Waals surface area contributed by atoms with Crippen LogP contribution in [0.25, 0.3) is 5.52 Å². The highest BCUT2D eigenvalue weighted by Crippen LogP contribution is 2.66. The van der Waals surface area contributed by atoms with Gasteiger partial charge in [-0.05, 0) is 26.0 Å². The van der Waals surface area contributed by atoms with Gasteiger partial charge in [-0.3, -0.25) is 9.32 Å². The van der Waals surface area contributed by atoms with E-state index in [1.54, 1.807) is 6.07 Å². The van der Waals surface area contributed by atoms with Crippen molar-refractivity contribution in [1.29, 1.82) is 5.26 Å². The first-order chi connectivity index (χ1) is 18.3. The third kappa shape index (κ3) is 6.82. The summed E-state index contributed by atoms with van der Waals surface area (Å²) >= 11 is 0. The molecule has 0 spiro atoms. The van der Waals surface area contributed by atoms with Crippen LogP contribution in [0.4, 0.5) is 5.82 Å². The highest BCUT2D eigenvalue weighted by molar-refractivity contribution is 7.66. The predicted octanol–water partition coefficient (Wildman–Crippen LogP) is -0.724. The van der Waals surface area contributed by atoms with Crippen molar-refractivity contribution >= 4 is 40.7 Å². The van der Waals surface area contributed by atoms with Crippen molar-refractivity contribution < 1.29 is 70.9 Å². The number of phosphoric ester groups is 1. The molecule has 40 heavy (non-hydrogen) atoms. The second kappa shape index (κ2) is 11.2. The van der Waals surface area contributed by atoms with Crippen LogP contribution in [0.15, 0.2) is 18.5 Å². The summed E-state index contributed by atoms with van der Waals surface area (Å²) in [5.74, 6) is -0.589. The van der Waals surface area contributed by atoms with Gasteiger partial charge in [-0.25, -0.2) is 23.2 Å². The number of ether oxygens (including phenoxy) is 2. The number of aliphatic hydroxyl groups excluding tert-OH is 2. The minimum Gasteiger partial charge on any atom is -0.387 e. The van der Waals surface area contributed by atoms with Gasteiger partial charge in [-0.1, -0.05) is 0 Å². The fraction of sp³-hybridized carbons (Fsp3) is 0.529. The lowest BCUT2D eigenvalue weighted by Crippen LogP contribution is -2.41. The highest BCUT2D eigenvalue weighted by atomic mass is 31.3. The third-order valence-electron chi connectivity index (χ3n) is 5.56. The number of aliphatic hydroxyl groups is 2. The topological polar surface area (TPSA) is 302 Å². The number of carbonyl (C=O) groups is 1. The number of nitriles is 1. The number of nitrogens with one attached hydrogen (secondary N) is 1. The number of methoxy groups -OCH3 is 1. The molecule has 1 aliphatic rings. The maximum Gasteiger partial charge on any atom is 0.490 e. The van der Waals surface area contributed by atoms with Gasteiger partial charge in [-0.2, -0.15) is 19.0 Å². The van der Waals surface area contributed by atoms with E-state index in [0.717, 1.165) is 10.8 Å². The smallest absolute Gasteiger partial charge is 0.387 e. The zero-order valence-electron chi connectivity index (χ0n) is 20.7. The summed E-state index contributed by atoms with van der Waals surface area (Å²) in [6.45, 7) is 1.86. The maximum absolute atomic E-state index is 12.5. The SMILES string of the molecule is COC(C)(C)C(=O)Nc1ncnn2c([C@]3(C#N)O[C@H](COP(=O)(O)OP(=O)(O)OP(=O)(O)O)[C@@H](O)[C@H]3O)ccc12. The second-order valence-corrected chi connectivity index (χ2v) is 13.0. The molecule has 3 rings (SSSR count). The summed E-state index contributed by atoms with van der Waals surface area (Å²) in [6, 6.07) is 4.34. The third-order valence-corrected chi connectivity index (χ3v) is 9.37. The second-order valence-electron chi connectivity index (χ2n) is 8.62. The van der Waals surface area contributed by atoms with Crippen molar-refractivity contribution in [3.63, 3.8) is 0 Å². The Morgan fingerprint density at radius 2 is 1.85 bits per heavy atom. The molecule has 222 valence electrons. The number of rotatable bonds is 11. The minimum absolute atomic E-state index is 0.0123. The van der Waals surface area contributed by atoms with Crippen molar-refractivity contribution in [2.45, 2.75) is 43.4 Å². The number of hydrogen-bond acceptors (Lipinski definition) is 14. The molecule has 7 N–H and O–H groups in total. The summed E-state index contributed by atoms with van der Waals surface area (Å²) in [6.07, 6.45) is -4.71. The van der Waals surface area contributed by atoms with Crippen LogP contribution in [0.3, 0.4) is 0 Å². The van der Waals surface area contributed by atoms with Crippen molar-refractivity contribution in [2.75, 3.05) is 19.0 Å². The Kier molecular flexibility index (Phi) is 9.10. The zero-order valence-corrected chi connectivity index (χ0v) is 23.3. The molecular formula is C17H24N5O15P3. The lowest BCUT2D eigenvalue weighted by atomic mass is 9.92. The first kappa shape index (κ1) is 32.3. The fourth-order valence-corrected chi connectivity index (χ4v) is 6.48. The molecule has 3 heterocycles. The number of nitrogens with zero attached hydrogens (tertiary/aromatic N) is 4. The van der Waals surface area contributed by atoms with E-state index in [4.69, 9.17) is 19.3 Å². The van der Waals surface area contributed by atoms with Crippen molar-refractivity contribution in [2.24, 2.45) is 0 Å². The van der Waals surface area contributed by atoms with Crippen LogP contribution in [-0.4, -0.2) is 87.9 Å². The van der Waals surface area contributed by atoms with Gasteiger partial charge in [0.05, 0.1) is 12.3 Å². The van der Waals surface area contributed by atoms with Crippen molar-refractivity contribution in [3.8, 4) is 6.07 Å². The fourth-order valence-electron chi connectivity index (χ4n) is 3.45. The van der Waals surface area contributed by atoms with Crippen LogP contribution in [0, 0.1) is 11.3 Å². The van der Waals surface area contributed by atoms with E-state index in [1.807, 2.05) is 0 Å². The van der Waals surface area contributed by atoms with Gasteiger partial charge in [0.15, 0.2) is 5.82 Å². The molecule has 0 aromatic carbocycles. The van der Waals surface area contributed by atoms with E-state index in [-0.39, 0.29) is 17.0 Å². The van der Waals surface area contributed by atoms with E-state index in [2.05, 4.69) is 28.5 Å². The maximum atomic E-state index is 12.5. The van der Waals surface area contributed by atoms with E-state index in [1.165, 1.54) is 33.1 Å². The van der Waals surface area contributed by atoms with Gasteiger partial charge in [0.25, 0.3) is 5.91 Å². The van der Waals surface area contributed by atoms with Crippen molar-refractivity contribution in [3.05, 3.63) is 24.2 Å². The molecule has 1 saturated heterocycles. The predicted molar refractivity (Wildman–Crippen MR) is 127 cm³/mol. The van der Waals surface area contributed by atoms with Crippen LogP contribution in [0.5, 0.6) is 0 Å². The number of fused-ring (bicyclic) bond motifs is 1. The van der Waals surface area contributed by atoms with Gasteiger partial charge in [-0.15, -0.1) is 0 Å². The Hall–Kier alpha value is -2.17. The minimum atomic E-state index is -5.81. The Bertz CT molecular complexity index is 1470. The van der Waals surface area contributed by atoms with Gasteiger partial charge >= 0.3 is 23.5 Å². The number of aromatic nitrogens is 3. The Morgan fingerprint density at radius 3 is 2.42 bits per heavy atom. The number of anilines is 1. The molecule has 20 nitrogen and oxygen atoms in total. The van der Waals surface area contributed by atoms with Crippen LogP contribution in [0.1, 0.15) is 19.5 Å². The van der Waals surface area contributed by atoms with E-state index >= 15 is 0 Å². The highest BCUT2D eigenvalue weighted by Gasteiger charge is 2.58.